The van der Waals surface area contributed by atoms with E-state index in [9.17, 15) is 34.5 Å². The average molecular weight is 199 g/mol. The zero-order valence-electron chi connectivity index (χ0n) is 6.64. The van der Waals surface area contributed by atoms with Crippen molar-refractivity contribution in [3.63, 3.8) is 0 Å². The average Bonchev–Trinajstić information content (AvgIpc) is 2.01. The molecule has 0 heterocycles. The number of carbonyl (C=O) groups is 4. The molecule has 0 atom stereocenters. The van der Waals surface area contributed by atoms with Gasteiger partial charge in [0.1, 0.15) is 5.97 Å². The maximum Gasteiger partial charge on any atom is 0.201 e. The summed E-state index contributed by atoms with van der Waals surface area (Å²) in [6.45, 7) is 0. The van der Waals surface area contributed by atoms with Gasteiger partial charge in [-0.15, -0.1) is 0 Å². The van der Waals surface area contributed by atoms with Crippen LogP contribution in [0.15, 0.2) is 11.6 Å². The van der Waals surface area contributed by atoms with E-state index in [-0.39, 0.29) is 6.08 Å². The van der Waals surface area contributed by atoms with Crippen molar-refractivity contribution in [2.24, 2.45) is 0 Å². The summed E-state index contributed by atoms with van der Waals surface area (Å²) in [6, 6.07) is 0. The van der Waals surface area contributed by atoms with Crippen molar-refractivity contribution in [3.8, 4) is 0 Å². The van der Waals surface area contributed by atoms with Gasteiger partial charge >= 0.3 is 0 Å². The minimum atomic E-state index is -2.14. The van der Waals surface area contributed by atoms with Gasteiger partial charge in [-0.05, 0) is 11.6 Å². The zero-order chi connectivity index (χ0) is 11.3. The van der Waals surface area contributed by atoms with Crippen molar-refractivity contribution in [2.45, 2.75) is 6.42 Å². The summed E-state index contributed by atoms with van der Waals surface area (Å²) in [6.07, 6.45) is -0.998. The Hall–Kier alpha value is -2.18. The van der Waals surface area contributed by atoms with Gasteiger partial charge in [0.2, 0.25) is 5.78 Å². The second-order valence-corrected chi connectivity index (χ2v) is 2.16. The molecular formula is C7H3O7-3. The lowest BCUT2D eigenvalue weighted by Gasteiger charge is -2.08. The molecule has 0 saturated heterocycles. The van der Waals surface area contributed by atoms with E-state index in [4.69, 9.17) is 0 Å². The lowest BCUT2D eigenvalue weighted by molar-refractivity contribution is -0.309. The first-order valence-electron chi connectivity index (χ1n) is 3.21. The van der Waals surface area contributed by atoms with E-state index in [2.05, 4.69) is 0 Å². The smallest absolute Gasteiger partial charge is 0.201 e. The molecule has 0 aliphatic rings. The van der Waals surface area contributed by atoms with E-state index < -0.39 is 35.7 Å². The highest BCUT2D eigenvalue weighted by Gasteiger charge is 2.04. The lowest BCUT2D eigenvalue weighted by Crippen LogP contribution is -2.34. The lowest BCUT2D eigenvalue weighted by atomic mass is 10.1. The molecule has 14 heavy (non-hydrogen) atoms. The number of ketones is 1. The van der Waals surface area contributed by atoms with Crippen LogP contribution in [0, 0.1) is 0 Å². The molecule has 0 amide bonds. The van der Waals surface area contributed by atoms with Crippen molar-refractivity contribution in [3.05, 3.63) is 11.6 Å². The number of carboxylic acid groups (broad SMARTS) is 3. The van der Waals surface area contributed by atoms with Crippen molar-refractivity contribution in [1.29, 1.82) is 0 Å². The molecule has 0 spiro atoms. The van der Waals surface area contributed by atoms with Crippen LogP contribution in [0.25, 0.3) is 0 Å². The van der Waals surface area contributed by atoms with Crippen LogP contribution in [0.4, 0.5) is 0 Å². The van der Waals surface area contributed by atoms with Gasteiger partial charge in [0.15, 0.2) is 0 Å². The van der Waals surface area contributed by atoms with Crippen molar-refractivity contribution in [2.75, 3.05) is 0 Å². The molecule has 0 rings (SSSR count). The molecule has 7 nitrogen and oxygen atoms in total. The van der Waals surface area contributed by atoms with Gasteiger partial charge in [0.05, 0.1) is 5.97 Å². The van der Waals surface area contributed by atoms with E-state index in [0.29, 0.717) is 0 Å². The molecule has 0 aliphatic heterocycles. The third-order valence-electron chi connectivity index (χ3n) is 1.10. The Morgan fingerprint density at radius 3 is 1.71 bits per heavy atom. The van der Waals surface area contributed by atoms with E-state index in [0.717, 1.165) is 0 Å². The zero-order valence-corrected chi connectivity index (χ0v) is 6.64. The van der Waals surface area contributed by atoms with Crippen LogP contribution in [0.2, 0.25) is 0 Å². The molecule has 0 bridgehead atoms. The predicted octanol–water partition coefficient (Wildman–Crippen LogP) is -4.88. The standard InChI is InChI=1S/C7H6O7/c8-4(7(13)14)1-3(6(11)12)2-5(9)10/h1H,2H2,(H,9,10)(H,11,12)(H,13,14)/p-3/b3-1-. The van der Waals surface area contributed by atoms with Crippen LogP contribution in [-0.4, -0.2) is 23.7 Å². The Kier molecular flexibility index (Phi) is 4.01. The first-order chi connectivity index (χ1) is 6.34. The van der Waals surface area contributed by atoms with Gasteiger partial charge < -0.3 is 29.7 Å². The Morgan fingerprint density at radius 2 is 1.43 bits per heavy atom. The molecule has 0 aromatic rings. The maximum absolute atomic E-state index is 10.4. The first-order valence-corrected chi connectivity index (χ1v) is 3.21. The third-order valence-corrected chi connectivity index (χ3v) is 1.10. The summed E-state index contributed by atoms with van der Waals surface area (Å²) in [5.74, 6) is -7.51. The van der Waals surface area contributed by atoms with Crippen molar-refractivity contribution in [1.82, 2.24) is 0 Å². The third kappa shape index (κ3) is 4.00. The monoisotopic (exact) mass is 199 g/mol. The van der Waals surface area contributed by atoms with Gasteiger partial charge in [-0.1, -0.05) is 0 Å². The second-order valence-electron chi connectivity index (χ2n) is 2.16. The normalized spacial score (nSPS) is 10.7. The first kappa shape index (κ1) is 11.8. The Balaban J connectivity index is 4.82. The van der Waals surface area contributed by atoms with Gasteiger partial charge in [-0.25, -0.2) is 0 Å². The molecule has 0 aliphatic carbocycles. The summed E-state index contributed by atoms with van der Waals surface area (Å²) in [4.78, 5) is 40.4. The Labute approximate surface area is 77.3 Å². The molecule has 0 radical (unpaired) electrons. The van der Waals surface area contributed by atoms with Crippen molar-refractivity contribution >= 4 is 23.7 Å². The molecule has 0 unspecified atom stereocenters. The van der Waals surface area contributed by atoms with E-state index in [1.54, 1.807) is 0 Å². The fraction of sp³-hybridized carbons (Fsp3) is 0.143. The van der Waals surface area contributed by atoms with Crippen LogP contribution in [-0.2, 0) is 19.2 Å². The molecular weight excluding hydrogens is 196 g/mol. The quantitative estimate of drug-likeness (QED) is 0.319. The summed E-state index contributed by atoms with van der Waals surface area (Å²) >= 11 is 0. The highest BCUT2D eigenvalue weighted by molar-refractivity contribution is 6.37. The van der Waals surface area contributed by atoms with E-state index in [1.165, 1.54) is 0 Å². The SMILES string of the molecule is O=C([O-])C/C(=C/C(=O)C(=O)[O-])C(=O)[O-]. The van der Waals surface area contributed by atoms with Crippen LogP contribution in [0.5, 0.6) is 0 Å². The number of aliphatic carboxylic acids is 3. The number of carboxylic acids is 3. The van der Waals surface area contributed by atoms with Crippen LogP contribution in [0.1, 0.15) is 6.42 Å². The topological polar surface area (TPSA) is 137 Å². The van der Waals surface area contributed by atoms with Gasteiger partial charge in [-0.2, -0.15) is 0 Å². The molecule has 0 N–H and O–H groups in total. The summed E-state index contributed by atoms with van der Waals surface area (Å²) < 4.78 is 0. The molecule has 7 heteroatoms. The highest BCUT2D eigenvalue weighted by Crippen LogP contribution is 1.98. The molecule has 0 saturated carbocycles. The van der Waals surface area contributed by atoms with Crippen LogP contribution < -0.4 is 15.3 Å². The van der Waals surface area contributed by atoms with Crippen LogP contribution in [0.3, 0.4) is 0 Å². The summed E-state index contributed by atoms with van der Waals surface area (Å²) in [5.41, 5.74) is -0.987. The maximum atomic E-state index is 10.4. The highest BCUT2D eigenvalue weighted by atomic mass is 16.4. The fourth-order valence-corrected chi connectivity index (χ4v) is 0.555. The Morgan fingerprint density at radius 1 is 0.929 bits per heavy atom. The minimum absolute atomic E-state index is 0.112. The molecule has 76 valence electrons. The molecule has 0 aromatic carbocycles. The van der Waals surface area contributed by atoms with Crippen molar-refractivity contribution < 1.29 is 34.5 Å². The number of rotatable bonds is 5. The van der Waals surface area contributed by atoms with E-state index >= 15 is 0 Å². The van der Waals surface area contributed by atoms with E-state index in [1.807, 2.05) is 0 Å². The largest absolute Gasteiger partial charge is 0.550 e. The predicted molar refractivity (Wildman–Crippen MR) is 32.7 cm³/mol. The molecule has 0 fully saturated rings. The summed E-state index contributed by atoms with van der Waals surface area (Å²) in [5, 5.41) is 30.0. The molecule has 0 aromatic heterocycles. The van der Waals surface area contributed by atoms with Gasteiger partial charge in [0.25, 0.3) is 0 Å². The minimum Gasteiger partial charge on any atom is -0.550 e. The van der Waals surface area contributed by atoms with Gasteiger partial charge in [-0.3, -0.25) is 4.79 Å². The number of hydrogen-bond acceptors (Lipinski definition) is 7. The van der Waals surface area contributed by atoms with Crippen LogP contribution >= 0.6 is 0 Å². The number of hydrogen-bond donors (Lipinski definition) is 0. The summed E-state index contributed by atoms with van der Waals surface area (Å²) in [7, 11) is 0. The Bertz CT molecular complexity index is 325. The van der Waals surface area contributed by atoms with Gasteiger partial charge in [0, 0.05) is 12.4 Å². The second kappa shape index (κ2) is 4.75. The number of carbonyl (C=O) groups excluding carboxylic acids is 4. The fourth-order valence-electron chi connectivity index (χ4n) is 0.555.